The molecule has 0 atom stereocenters. The Balaban J connectivity index is 2.20. The largest absolute Gasteiger partial charge is 0.478 e. The summed E-state index contributed by atoms with van der Waals surface area (Å²) in [7, 11) is 0. The topological polar surface area (TPSA) is 59.4 Å². The minimum atomic E-state index is -4.43. The van der Waals surface area contributed by atoms with Crippen LogP contribution >= 0.6 is 11.6 Å². The summed E-state index contributed by atoms with van der Waals surface area (Å²) in [4.78, 5) is 14.4. The van der Waals surface area contributed by atoms with Gasteiger partial charge in [-0.05, 0) is 30.3 Å². The maximum atomic E-state index is 12.4. The van der Waals surface area contributed by atoms with Crippen LogP contribution in [-0.2, 0) is 6.18 Å². The molecule has 0 aliphatic heterocycles. The summed E-state index contributed by atoms with van der Waals surface area (Å²) < 4.78 is 42.4. The SMILES string of the molecule is O=C(O)c1cnc(Oc2ccc(C(F)(F)F)cc2)c(Cl)c1. The van der Waals surface area contributed by atoms with Crippen LogP contribution in [0.1, 0.15) is 15.9 Å². The number of aromatic nitrogens is 1. The Kier molecular flexibility index (Phi) is 4.04. The molecule has 0 bridgehead atoms. The average molecular weight is 318 g/mol. The van der Waals surface area contributed by atoms with E-state index in [2.05, 4.69) is 4.98 Å². The van der Waals surface area contributed by atoms with Crippen molar-refractivity contribution in [1.82, 2.24) is 4.98 Å². The molecule has 0 amide bonds. The van der Waals surface area contributed by atoms with Crippen LogP contribution in [0.15, 0.2) is 36.5 Å². The second-order valence-electron chi connectivity index (χ2n) is 3.94. The van der Waals surface area contributed by atoms with Crippen molar-refractivity contribution in [2.75, 3.05) is 0 Å². The number of rotatable bonds is 3. The van der Waals surface area contributed by atoms with E-state index < -0.39 is 17.7 Å². The first kappa shape index (κ1) is 15.1. The van der Waals surface area contributed by atoms with Crippen LogP contribution in [0.2, 0.25) is 5.02 Å². The van der Waals surface area contributed by atoms with Crippen LogP contribution in [0, 0.1) is 0 Å². The molecule has 1 N–H and O–H groups in total. The van der Waals surface area contributed by atoms with E-state index in [1.54, 1.807) is 0 Å². The standard InChI is InChI=1S/C13H7ClF3NO3/c14-10-5-7(12(19)20)6-18-11(10)21-9-3-1-8(2-4-9)13(15,16)17/h1-6H,(H,19,20). The highest BCUT2D eigenvalue weighted by Crippen LogP contribution is 2.32. The van der Waals surface area contributed by atoms with E-state index >= 15 is 0 Å². The third kappa shape index (κ3) is 3.63. The molecule has 0 saturated carbocycles. The highest BCUT2D eigenvalue weighted by atomic mass is 35.5. The highest BCUT2D eigenvalue weighted by Gasteiger charge is 2.30. The number of halogens is 4. The zero-order chi connectivity index (χ0) is 15.6. The summed E-state index contributed by atoms with van der Waals surface area (Å²) in [5.41, 5.74) is -0.935. The van der Waals surface area contributed by atoms with Gasteiger partial charge in [-0.1, -0.05) is 11.6 Å². The second-order valence-corrected chi connectivity index (χ2v) is 4.35. The van der Waals surface area contributed by atoms with Gasteiger partial charge < -0.3 is 9.84 Å². The first-order chi connectivity index (χ1) is 9.77. The predicted molar refractivity (Wildman–Crippen MR) is 67.7 cm³/mol. The molecule has 8 heteroatoms. The van der Waals surface area contributed by atoms with Crippen molar-refractivity contribution in [1.29, 1.82) is 0 Å². The first-order valence-electron chi connectivity index (χ1n) is 5.51. The Morgan fingerprint density at radius 1 is 1.24 bits per heavy atom. The third-order valence-electron chi connectivity index (χ3n) is 2.45. The minimum Gasteiger partial charge on any atom is -0.478 e. The number of benzene rings is 1. The normalized spacial score (nSPS) is 11.2. The molecule has 2 aromatic rings. The lowest BCUT2D eigenvalue weighted by Crippen LogP contribution is -2.04. The number of hydrogen-bond acceptors (Lipinski definition) is 3. The zero-order valence-electron chi connectivity index (χ0n) is 10.2. The van der Waals surface area contributed by atoms with Gasteiger partial charge in [0, 0.05) is 6.20 Å². The molecule has 0 fully saturated rings. The molecule has 0 unspecified atom stereocenters. The monoisotopic (exact) mass is 317 g/mol. The fourth-order valence-electron chi connectivity index (χ4n) is 1.44. The smallest absolute Gasteiger partial charge is 0.416 e. The average Bonchev–Trinajstić information content (AvgIpc) is 2.40. The van der Waals surface area contributed by atoms with Gasteiger partial charge in [-0.2, -0.15) is 13.2 Å². The predicted octanol–water partition coefficient (Wildman–Crippen LogP) is 4.24. The molecule has 0 radical (unpaired) electrons. The molecule has 4 nitrogen and oxygen atoms in total. The van der Waals surface area contributed by atoms with Crippen molar-refractivity contribution < 1.29 is 27.8 Å². The maximum absolute atomic E-state index is 12.4. The van der Waals surface area contributed by atoms with E-state index in [9.17, 15) is 18.0 Å². The van der Waals surface area contributed by atoms with Crippen molar-refractivity contribution in [2.24, 2.45) is 0 Å². The summed E-state index contributed by atoms with van der Waals surface area (Å²) in [5, 5.41) is 8.69. The van der Waals surface area contributed by atoms with Crippen LogP contribution in [0.4, 0.5) is 13.2 Å². The van der Waals surface area contributed by atoms with Crippen LogP contribution in [-0.4, -0.2) is 16.1 Å². The number of carboxylic acids is 1. The lowest BCUT2D eigenvalue weighted by molar-refractivity contribution is -0.137. The maximum Gasteiger partial charge on any atom is 0.416 e. The molecular formula is C13H7ClF3NO3. The van der Waals surface area contributed by atoms with Crippen molar-refractivity contribution in [3.63, 3.8) is 0 Å². The van der Waals surface area contributed by atoms with E-state index in [4.69, 9.17) is 21.4 Å². The van der Waals surface area contributed by atoms with E-state index in [0.717, 1.165) is 36.5 Å². The fraction of sp³-hybridized carbons (Fsp3) is 0.0769. The van der Waals surface area contributed by atoms with Gasteiger partial charge in [0.05, 0.1) is 11.1 Å². The third-order valence-corrected chi connectivity index (χ3v) is 2.72. The van der Waals surface area contributed by atoms with E-state index in [1.807, 2.05) is 0 Å². The quantitative estimate of drug-likeness (QED) is 0.919. The molecule has 0 aliphatic carbocycles. The lowest BCUT2D eigenvalue weighted by atomic mass is 10.2. The van der Waals surface area contributed by atoms with Gasteiger partial charge in [0.15, 0.2) is 0 Å². The summed E-state index contributed by atoms with van der Waals surface area (Å²) in [6, 6.07) is 5.08. The fourth-order valence-corrected chi connectivity index (χ4v) is 1.65. The molecule has 1 aromatic carbocycles. The first-order valence-corrected chi connectivity index (χ1v) is 5.89. The highest BCUT2D eigenvalue weighted by molar-refractivity contribution is 6.32. The molecule has 1 aromatic heterocycles. The molecule has 2 rings (SSSR count). The molecule has 110 valence electrons. The number of aromatic carboxylic acids is 1. The number of hydrogen-bond donors (Lipinski definition) is 1. The summed E-state index contributed by atoms with van der Waals surface area (Å²) in [5.74, 6) is -1.20. The van der Waals surface area contributed by atoms with E-state index in [0.29, 0.717) is 0 Å². The van der Waals surface area contributed by atoms with Crippen LogP contribution in [0.5, 0.6) is 11.6 Å². The van der Waals surface area contributed by atoms with Gasteiger partial charge in [-0.25, -0.2) is 9.78 Å². The van der Waals surface area contributed by atoms with Crippen molar-refractivity contribution in [3.05, 3.63) is 52.7 Å². The summed E-state index contributed by atoms with van der Waals surface area (Å²) in [6.07, 6.45) is -3.40. The number of pyridine rings is 1. The number of nitrogens with zero attached hydrogens (tertiary/aromatic N) is 1. The molecule has 0 aliphatic rings. The van der Waals surface area contributed by atoms with Crippen molar-refractivity contribution >= 4 is 17.6 Å². The van der Waals surface area contributed by atoms with E-state index in [1.165, 1.54) is 0 Å². The summed E-state index contributed by atoms with van der Waals surface area (Å²) >= 11 is 5.80. The lowest BCUT2D eigenvalue weighted by Gasteiger charge is -2.09. The minimum absolute atomic E-state index is 0.0604. The number of carbonyl (C=O) groups is 1. The van der Waals surface area contributed by atoms with Gasteiger partial charge in [0.25, 0.3) is 0 Å². The summed E-state index contributed by atoms with van der Waals surface area (Å²) in [6.45, 7) is 0. The Morgan fingerprint density at radius 3 is 2.33 bits per heavy atom. The van der Waals surface area contributed by atoms with Crippen LogP contribution in [0.25, 0.3) is 0 Å². The Hall–Kier alpha value is -2.28. The Morgan fingerprint density at radius 2 is 1.86 bits per heavy atom. The van der Waals surface area contributed by atoms with Crippen LogP contribution < -0.4 is 4.74 Å². The molecule has 0 saturated heterocycles. The molecular weight excluding hydrogens is 311 g/mol. The van der Waals surface area contributed by atoms with Crippen molar-refractivity contribution in [3.8, 4) is 11.6 Å². The molecule has 1 heterocycles. The van der Waals surface area contributed by atoms with Crippen LogP contribution in [0.3, 0.4) is 0 Å². The van der Waals surface area contributed by atoms with Gasteiger partial charge in [-0.15, -0.1) is 0 Å². The van der Waals surface area contributed by atoms with Gasteiger partial charge >= 0.3 is 12.1 Å². The number of carboxylic acid groups (broad SMARTS) is 1. The number of alkyl halides is 3. The molecule has 21 heavy (non-hydrogen) atoms. The van der Waals surface area contributed by atoms with Gasteiger partial charge in [-0.3, -0.25) is 0 Å². The van der Waals surface area contributed by atoms with Crippen molar-refractivity contribution in [2.45, 2.75) is 6.18 Å². The second kappa shape index (κ2) is 5.61. The Bertz CT molecular complexity index is 671. The molecule has 0 spiro atoms. The van der Waals surface area contributed by atoms with Gasteiger partial charge in [0.2, 0.25) is 5.88 Å². The zero-order valence-corrected chi connectivity index (χ0v) is 10.9. The van der Waals surface area contributed by atoms with E-state index in [-0.39, 0.29) is 22.2 Å². The Labute approximate surface area is 121 Å². The van der Waals surface area contributed by atoms with Gasteiger partial charge in [0.1, 0.15) is 10.8 Å². The number of ether oxygens (including phenoxy) is 1.